The van der Waals surface area contributed by atoms with Crippen LogP contribution in [0.1, 0.15) is 16.9 Å². The first-order valence-electron chi connectivity index (χ1n) is 5.49. The Balaban J connectivity index is 2.21. The van der Waals surface area contributed by atoms with Gasteiger partial charge in [0.2, 0.25) is 15.0 Å². The molecule has 0 radical (unpaired) electrons. The van der Waals surface area contributed by atoms with Gasteiger partial charge in [0.15, 0.2) is 11.5 Å². The van der Waals surface area contributed by atoms with Gasteiger partial charge < -0.3 is 4.74 Å². The van der Waals surface area contributed by atoms with Gasteiger partial charge in [0, 0.05) is 23.6 Å². The molecule has 0 aliphatic carbocycles. The predicted octanol–water partition coefficient (Wildman–Crippen LogP) is -0.0629. The average molecular weight is 320 g/mol. The second-order valence-electron chi connectivity index (χ2n) is 4.07. The van der Waals surface area contributed by atoms with E-state index in [1.807, 2.05) is 0 Å². The van der Waals surface area contributed by atoms with Crippen LogP contribution < -0.4 is 4.90 Å². The molecule has 0 bridgehead atoms. The molecule has 1 aliphatic rings. The lowest BCUT2D eigenvalue weighted by atomic mass is 10.4. The zero-order valence-electron chi connectivity index (χ0n) is 10.3. The Bertz CT molecular complexity index is 645. The molecule has 0 saturated carbocycles. The number of ether oxygens (including phenoxy) is 1. The Morgan fingerprint density at radius 1 is 1.45 bits per heavy atom. The van der Waals surface area contributed by atoms with E-state index in [1.165, 1.54) is 24.1 Å². The monoisotopic (exact) mass is 319 g/mol. The zero-order chi connectivity index (χ0) is 14.9. The van der Waals surface area contributed by atoms with Crippen LogP contribution in [-0.4, -0.2) is 49.4 Å². The predicted molar refractivity (Wildman–Crippen MR) is 68.9 cm³/mol. The van der Waals surface area contributed by atoms with Crippen molar-refractivity contribution in [1.29, 1.82) is 0 Å². The van der Waals surface area contributed by atoms with Crippen LogP contribution in [0.2, 0.25) is 0 Å². The number of rotatable bonds is 3. The van der Waals surface area contributed by atoms with Crippen LogP contribution in [0, 0.1) is 0 Å². The molecule has 20 heavy (non-hydrogen) atoms. The molecule has 1 amide bonds. The number of halogens is 1. The molecule has 1 saturated heterocycles. The van der Waals surface area contributed by atoms with Gasteiger partial charge in [0.1, 0.15) is 5.25 Å². The maximum atomic E-state index is 11.8. The van der Waals surface area contributed by atoms with Crippen LogP contribution in [-0.2, 0) is 18.6 Å². The van der Waals surface area contributed by atoms with Crippen molar-refractivity contribution in [2.45, 2.75) is 11.7 Å². The summed E-state index contributed by atoms with van der Waals surface area (Å²) in [7, 11) is 2.63. The Hall–Kier alpha value is -1.74. The minimum Gasteiger partial charge on any atom is -0.464 e. The van der Waals surface area contributed by atoms with Crippen LogP contribution >= 0.6 is 10.7 Å². The van der Waals surface area contributed by atoms with Crippen molar-refractivity contribution in [3.05, 3.63) is 17.8 Å². The minimum atomic E-state index is -3.81. The Kier molecular flexibility index (Phi) is 3.91. The number of hydrogen-bond donors (Lipinski definition) is 0. The second-order valence-corrected chi connectivity index (χ2v) is 6.98. The standard InChI is InChI=1S/C10H10ClN3O5S/c1-19-10(16)7-2-3-8(13-12-7)14-5-6(4-9(14)15)20(11,17)18/h2-3,6H,4-5H2,1H3. The van der Waals surface area contributed by atoms with E-state index >= 15 is 0 Å². The van der Waals surface area contributed by atoms with Crippen molar-refractivity contribution >= 4 is 37.4 Å². The molecule has 0 aromatic carbocycles. The highest BCUT2D eigenvalue weighted by Crippen LogP contribution is 2.25. The van der Waals surface area contributed by atoms with Gasteiger partial charge in [-0.1, -0.05) is 0 Å². The minimum absolute atomic E-state index is 0.00980. The van der Waals surface area contributed by atoms with E-state index in [9.17, 15) is 18.0 Å². The molecule has 1 fully saturated rings. The number of methoxy groups -OCH3 is 1. The maximum absolute atomic E-state index is 11.8. The van der Waals surface area contributed by atoms with E-state index < -0.39 is 26.2 Å². The molecule has 1 unspecified atom stereocenters. The number of anilines is 1. The smallest absolute Gasteiger partial charge is 0.358 e. The summed E-state index contributed by atoms with van der Waals surface area (Å²) in [6.45, 7) is -0.0864. The highest BCUT2D eigenvalue weighted by Gasteiger charge is 2.38. The molecule has 1 aliphatic heterocycles. The van der Waals surface area contributed by atoms with Crippen molar-refractivity contribution in [3.8, 4) is 0 Å². The summed E-state index contributed by atoms with van der Waals surface area (Å²) in [6.07, 6.45) is -0.202. The molecular weight excluding hydrogens is 310 g/mol. The third-order valence-corrected chi connectivity index (χ3v) is 4.68. The number of carbonyl (C=O) groups excluding carboxylic acids is 2. The topological polar surface area (TPSA) is 107 Å². The lowest BCUT2D eigenvalue weighted by Gasteiger charge is -2.14. The zero-order valence-corrected chi connectivity index (χ0v) is 11.9. The van der Waals surface area contributed by atoms with Crippen LogP contribution in [0.15, 0.2) is 12.1 Å². The van der Waals surface area contributed by atoms with E-state index in [4.69, 9.17) is 10.7 Å². The Morgan fingerprint density at radius 3 is 2.60 bits per heavy atom. The fourth-order valence-electron chi connectivity index (χ4n) is 1.77. The van der Waals surface area contributed by atoms with Gasteiger partial charge in [-0.15, -0.1) is 10.2 Å². The van der Waals surface area contributed by atoms with Crippen LogP contribution in [0.25, 0.3) is 0 Å². The maximum Gasteiger partial charge on any atom is 0.358 e. The molecule has 2 heterocycles. The van der Waals surface area contributed by atoms with Gasteiger partial charge in [-0.05, 0) is 12.1 Å². The molecule has 1 atom stereocenters. The van der Waals surface area contributed by atoms with Crippen molar-refractivity contribution < 1.29 is 22.7 Å². The SMILES string of the molecule is COC(=O)c1ccc(N2CC(S(=O)(=O)Cl)CC2=O)nn1. The quantitative estimate of drug-likeness (QED) is 0.567. The van der Waals surface area contributed by atoms with Gasteiger partial charge in [-0.25, -0.2) is 13.2 Å². The third kappa shape index (κ3) is 2.88. The number of amides is 1. The van der Waals surface area contributed by atoms with Crippen molar-refractivity contribution in [2.24, 2.45) is 0 Å². The molecular formula is C10H10ClN3O5S. The second kappa shape index (κ2) is 5.33. The van der Waals surface area contributed by atoms with Gasteiger partial charge in [0.05, 0.1) is 7.11 Å². The number of aromatic nitrogens is 2. The lowest BCUT2D eigenvalue weighted by molar-refractivity contribution is -0.117. The third-order valence-electron chi connectivity index (χ3n) is 2.81. The largest absolute Gasteiger partial charge is 0.464 e. The Labute approximate surface area is 119 Å². The highest BCUT2D eigenvalue weighted by atomic mass is 35.7. The molecule has 1 aromatic heterocycles. The molecule has 0 spiro atoms. The average Bonchev–Trinajstić information content (AvgIpc) is 2.80. The van der Waals surface area contributed by atoms with Crippen LogP contribution in [0.5, 0.6) is 0 Å². The number of hydrogen-bond acceptors (Lipinski definition) is 7. The summed E-state index contributed by atoms with van der Waals surface area (Å²) in [5.74, 6) is -0.914. The summed E-state index contributed by atoms with van der Waals surface area (Å²) in [4.78, 5) is 24.1. The summed E-state index contributed by atoms with van der Waals surface area (Å²) >= 11 is 0. The number of esters is 1. The number of nitrogens with zero attached hydrogens (tertiary/aromatic N) is 3. The summed E-state index contributed by atoms with van der Waals surface area (Å²) < 4.78 is 26.9. The van der Waals surface area contributed by atoms with Gasteiger partial charge >= 0.3 is 5.97 Å². The highest BCUT2D eigenvalue weighted by molar-refractivity contribution is 8.14. The van der Waals surface area contributed by atoms with E-state index in [0.717, 1.165) is 0 Å². The van der Waals surface area contributed by atoms with Crippen molar-refractivity contribution in [1.82, 2.24) is 10.2 Å². The summed E-state index contributed by atoms with van der Waals surface area (Å²) in [5, 5.41) is 6.35. The van der Waals surface area contributed by atoms with Crippen molar-refractivity contribution in [2.75, 3.05) is 18.6 Å². The summed E-state index contributed by atoms with van der Waals surface area (Å²) in [6, 6.07) is 2.73. The first-order valence-corrected chi connectivity index (χ1v) is 7.86. The van der Waals surface area contributed by atoms with E-state index in [2.05, 4.69) is 14.9 Å². The molecule has 2 rings (SSSR count). The molecule has 0 N–H and O–H groups in total. The van der Waals surface area contributed by atoms with Gasteiger partial charge in [-0.3, -0.25) is 9.69 Å². The van der Waals surface area contributed by atoms with Gasteiger partial charge in [-0.2, -0.15) is 0 Å². The van der Waals surface area contributed by atoms with E-state index in [1.54, 1.807) is 0 Å². The van der Waals surface area contributed by atoms with E-state index in [0.29, 0.717) is 0 Å². The van der Waals surface area contributed by atoms with Crippen LogP contribution in [0.4, 0.5) is 5.82 Å². The molecule has 10 heteroatoms. The fraction of sp³-hybridized carbons (Fsp3) is 0.400. The first kappa shape index (κ1) is 14.7. The van der Waals surface area contributed by atoms with Crippen molar-refractivity contribution in [3.63, 3.8) is 0 Å². The molecule has 8 nitrogen and oxygen atoms in total. The van der Waals surface area contributed by atoms with Crippen LogP contribution in [0.3, 0.4) is 0 Å². The summed E-state index contributed by atoms with van der Waals surface area (Å²) in [5.41, 5.74) is -0.00980. The fourth-order valence-corrected chi connectivity index (χ4v) is 2.79. The Morgan fingerprint density at radius 2 is 2.15 bits per heavy atom. The normalized spacial score (nSPS) is 19.2. The molecule has 1 aromatic rings. The first-order chi connectivity index (χ1) is 9.32. The lowest BCUT2D eigenvalue weighted by Crippen LogP contribution is -2.28. The molecule has 108 valence electrons. The van der Waals surface area contributed by atoms with E-state index in [-0.39, 0.29) is 24.5 Å². The number of carbonyl (C=O) groups is 2. The van der Waals surface area contributed by atoms with Gasteiger partial charge in [0.25, 0.3) is 0 Å².